The van der Waals surface area contributed by atoms with Gasteiger partial charge in [-0.3, -0.25) is 14.4 Å². The number of piperazine rings is 1. The average molecular weight is 646 g/mol. The number of benzene rings is 2. The Bertz CT molecular complexity index is 1620. The highest BCUT2D eigenvalue weighted by Crippen LogP contribution is 2.40. The zero-order valence-electron chi connectivity index (χ0n) is 23.4. The van der Waals surface area contributed by atoms with Crippen molar-refractivity contribution >= 4 is 51.6 Å². The van der Waals surface area contributed by atoms with Crippen molar-refractivity contribution in [3.05, 3.63) is 67.7 Å². The Balaban J connectivity index is 1.83. The van der Waals surface area contributed by atoms with Crippen LogP contribution in [0.25, 0.3) is 10.9 Å². The number of hydrogen-bond donors (Lipinski definition) is 2. The number of carbonyl (C=O) groups excluding carboxylic acids is 2. The van der Waals surface area contributed by atoms with E-state index in [0.29, 0.717) is 15.2 Å². The first-order valence-electron chi connectivity index (χ1n) is 13.2. The van der Waals surface area contributed by atoms with E-state index in [4.69, 9.17) is 33.7 Å². The summed E-state index contributed by atoms with van der Waals surface area (Å²) in [7, 11) is 1.15. The molecule has 2 heterocycles. The maximum atomic E-state index is 15.8. The molecule has 2 unspecified atom stereocenters. The van der Waals surface area contributed by atoms with E-state index in [1.807, 2.05) is 0 Å². The van der Waals surface area contributed by atoms with Crippen molar-refractivity contribution in [3.63, 3.8) is 0 Å². The Morgan fingerprint density at radius 2 is 1.79 bits per heavy atom. The molecule has 1 saturated heterocycles. The molecule has 2 aromatic carbocycles. The zero-order chi connectivity index (χ0) is 31.8. The molecule has 3 N–H and O–H groups in total. The molecule has 0 bridgehead atoms. The molecule has 0 spiro atoms. The number of halogens is 6. The number of pyridine rings is 1. The van der Waals surface area contributed by atoms with Crippen LogP contribution in [0.5, 0.6) is 5.75 Å². The molecule has 232 valence electrons. The van der Waals surface area contributed by atoms with Gasteiger partial charge < -0.3 is 30.2 Å². The van der Waals surface area contributed by atoms with Crippen LogP contribution >= 0.6 is 23.2 Å². The van der Waals surface area contributed by atoms with E-state index in [0.717, 1.165) is 19.4 Å². The number of amides is 2. The Morgan fingerprint density at radius 1 is 1.14 bits per heavy atom. The number of carbonyl (C=O) groups is 2. The molecule has 2 atom stereocenters. The first-order valence-corrected chi connectivity index (χ1v) is 13.9. The smallest absolute Gasteiger partial charge is 0.406 e. The van der Waals surface area contributed by atoms with Crippen LogP contribution in [0.1, 0.15) is 29.8 Å². The van der Waals surface area contributed by atoms with Gasteiger partial charge in [0, 0.05) is 48.0 Å². The number of methoxy groups -OCH3 is 1. The lowest BCUT2D eigenvalue weighted by Gasteiger charge is -2.45. The summed E-state index contributed by atoms with van der Waals surface area (Å²) in [4.78, 5) is 42.0. The van der Waals surface area contributed by atoms with Crippen LogP contribution in [0, 0.1) is 5.82 Å². The molecular formula is C28H29Cl2F4N5O4. The quantitative estimate of drug-likeness (QED) is 0.370. The molecule has 1 aliphatic heterocycles. The fourth-order valence-corrected chi connectivity index (χ4v) is 5.97. The number of aromatic nitrogens is 1. The van der Waals surface area contributed by atoms with E-state index < -0.39 is 52.9 Å². The Hall–Kier alpha value is -3.55. The molecule has 15 heteroatoms. The predicted octanol–water partition coefficient (Wildman–Crippen LogP) is 4.33. The first-order chi connectivity index (χ1) is 20.2. The predicted molar refractivity (Wildman–Crippen MR) is 155 cm³/mol. The summed E-state index contributed by atoms with van der Waals surface area (Å²) in [6.07, 6.45) is -3.99. The van der Waals surface area contributed by atoms with Crippen molar-refractivity contribution in [2.45, 2.75) is 45.2 Å². The molecule has 2 amide bonds. The summed E-state index contributed by atoms with van der Waals surface area (Å²) in [5, 5.41) is 2.58. The Kier molecular flexibility index (Phi) is 9.48. The molecule has 0 saturated carbocycles. The van der Waals surface area contributed by atoms with Crippen LogP contribution in [0.2, 0.25) is 10.0 Å². The fourth-order valence-electron chi connectivity index (χ4n) is 5.49. The SMILES string of the molecule is COc1c(N2CC(C)N(C(=O)CN)C(C)C2)c(F)cc2c(=O)c(C(=O)NCc3ccc(Cl)cc3Cl)cn(CC(F)(F)F)c12. The van der Waals surface area contributed by atoms with Gasteiger partial charge in [0.2, 0.25) is 11.3 Å². The molecule has 3 aromatic rings. The summed E-state index contributed by atoms with van der Waals surface area (Å²) in [5.41, 5.74) is 3.86. The lowest BCUT2D eigenvalue weighted by atomic mass is 10.0. The van der Waals surface area contributed by atoms with Gasteiger partial charge >= 0.3 is 6.18 Å². The lowest BCUT2D eigenvalue weighted by molar-refractivity contribution is -0.140. The summed E-state index contributed by atoms with van der Waals surface area (Å²) in [6, 6.07) is 4.49. The Labute approximate surface area is 254 Å². The molecule has 0 aliphatic carbocycles. The van der Waals surface area contributed by atoms with Crippen molar-refractivity contribution in [1.29, 1.82) is 0 Å². The normalized spacial score (nSPS) is 17.3. The number of fused-ring (bicyclic) bond motifs is 1. The van der Waals surface area contributed by atoms with Crippen LogP contribution in [-0.2, 0) is 17.9 Å². The molecule has 43 heavy (non-hydrogen) atoms. The standard InChI is InChI=1S/C28H29Cl2F4N5O4/c1-14-10-37(11-15(2)39(14)22(40)8-35)24-21(31)7-18-23(26(24)43-3)38(13-28(32,33)34)12-19(25(18)41)27(42)36-9-16-4-5-17(29)6-20(16)30/h4-7,12,14-15H,8-11,13,35H2,1-3H3,(H,36,42). The molecule has 1 fully saturated rings. The first kappa shape index (κ1) is 32.4. The summed E-state index contributed by atoms with van der Waals surface area (Å²) >= 11 is 12.0. The van der Waals surface area contributed by atoms with Crippen LogP contribution < -0.4 is 26.1 Å². The van der Waals surface area contributed by atoms with E-state index in [1.54, 1.807) is 29.7 Å². The number of hydrogen-bond acceptors (Lipinski definition) is 6. The van der Waals surface area contributed by atoms with E-state index >= 15 is 4.39 Å². The number of anilines is 1. The summed E-state index contributed by atoms with van der Waals surface area (Å²) in [5.74, 6) is -2.54. The highest BCUT2D eigenvalue weighted by molar-refractivity contribution is 6.35. The second-order valence-electron chi connectivity index (χ2n) is 10.3. The van der Waals surface area contributed by atoms with E-state index in [1.165, 1.54) is 12.1 Å². The van der Waals surface area contributed by atoms with Gasteiger partial charge in [0.25, 0.3) is 5.91 Å². The van der Waals surface area contributed by atoms with Crippen molar-refractivity contribution in [2.75, 3.05) is 31.6 Å². The average Bonchev–Trinajstić information content (AvgIpc) is 2.91. The maximum absolute atomic E-state index is 15.8. The monoisotopic (exact) mass is 645 g/mol. The minimum atomic E-state index is -4.77. The summed E-state index contributed by atoms with van der Waals surface area (Å²) < 4.78 is 63.3. The number of alkyl halides is 3. The van der Waals surface area contributed by atoms with Crippen LogP contribution in [0.3, 0.4) is 0 Å². The maximum Gasteiger partial charge on any atom is 0.406 e. The lowest BCUT2D eigenvalue weighted by Crippen LogP contribution is -2.60. The van der Waals surface area contributed by atoms with Gasteiger partial charge in [-0.1, -0.05) is 29.3 Å². The third-order valence-corrected chi connectivity index (χ3v) is 7.78. The second-order valence-corrected chi connectivity index (χ2v) is 11.1. The zero-order valence-corrected chi connectivity index (χ0v) is 24.9. The van der Waals surface area contributed by atoms with Crippen molar-refractivity contribution in [3.8, 4) is 5.75 Å². The van der Waals surface area contributed by atoms with Gasteiger partial charge in [0.1, 0.15) is 17.8 Å². The molecule has 9 nitrogen and oxygen atoms in total. The van der Waals surface area contributed by atoms with Crippen LogP contribution in [0.4, 0.5) is 23.2 Å². The van der Waals surface area contributed by atoms with Gasteiger partial charge in [-0.05, 0) is 37.6 Å². The number of nitrogens with zero attached hydrogens (tertiary/aromatic N) is 3. The number of nitrogens with one attached hydrogen (secondary N) is 1. The van der Waals surface area contributed by atoms with E-state index in [2.05, 4.69) is 5.32 Å². The fraction of sp³-hybridized carbons (Fsp3) is 0.393. The van der Waals surface area contributed by atoms with E-state index in [-0.39, 0.29) is 54.1 Å². The van der Waals surface area contributed by atoms with Crippen molar-refractivity contribution < 1.29 is 31.9 Å². The van der Waals surface area contributed by atoms with Gasteiger partial charge in [-0.25, -0.2) is 4.39 Å². The third-order valence-electron chi connectivity index (χ3n) is 7.19. The number of rotatable bonds is 7. The van der Waals surface area contributed by atoms with Crippen LogP contribution in [0.15, 0.2) is 35.3 Å². The molecular weight excluding hydrogens is 617 g/mol. The highest BCUT2D eigenvalue weighted by atomic mass is 35.5. The highest BCUT2D eigenvalue weighted by Gasteiger charge is 2.36. The van der Waals surface area contributed by atoms with E-state index in [9.17, 15) is 27.6 Å². The van der Waals surface area contributed by atoms with Gasteiger partial charge in [-0.15, -0.1) is 0 Å². The van der Waals surface area contributed by atoms with Crippen molar-refractivity contribution in [1.82, 2.24) is 14.8 Å². The van der Waals surface area contributed by atoms with Gasteiger partial charge in [0.15, 0.2) is 11.6 Å². The third kappa shape index (κ3) is 6.68. The molecule has 4 rings (SSSR count). The molecule has 1 aliphatic rings. The summed E-state index contributed by atoms with van der Waals surface area (Å²) in [6.45, 7) is 1.75. The number of nitrogens with two attached hydrogens (primary N) is 1. The Morgan fingerprint density at radius 3 is 2.35 bits per heavy atom. The number of ether oxygens (including phenoxy) is 1. The van der Waals surface area contributed by atoms with Gasteiger partial charge in [-0.2, -0.15) is 13.2 Å². The minimum Gasteiger partial charge on any atom is -0.492 e. The molecule has 1 aromatic heterocycles. The largest absolute Gasteiger partial charge is 0.492 e. The topological polar surface area (TPSA) is 110 Å². The van der Waals surface area contributed by atoms with Crippen LogP contribution in [-0.4, -0.2) is 66.3 Å². The van der Waals surface area contributed by atoms with Gasteiger partial charge in [0.05, 0.1) is 24.6 Å². The van der Waals surface area contributed by atoms with Crippen molar-refractivity contribution in [2.24, 2.45) is 5.73 Å². The minimum absolute atomic E-state index is 0.117. The second kappa shape index (κ2) is 12.6. The molecule has 0 radical (unpaired) electrons.